The molecular weight excluding hydrogens is 281 g/mol. The predicted molar refractivity (Wildman–Crippen MR) is 72.6 cm³/mol. The molecule has 0 atom stereocenters. The number of hydrogen-bond acceptors (Lipinski definition) is 2. The van der Waals surface area contributed by atoms with Crippen LogP contribution in [0.2, 0.25) is 0 Å². The van der Waals surface area contributed by atoms with Gasteiger partial charge in [0.15, 0.2) is 5.78 Å². The normalized spacial score (nSPS) is 11.3. The van der Waals surface area contributed by atoms with E-state index >= 15 is 0 Å². The Kier molecular flexibility index (Phi) is 4.02. The number of hydrogen-bond donors (Lipinski definition) is 0. The van der Waals surface area contributed by atoms with E-state index in [4.69, 9.17) is 4.74 Å². The average Bonchev–Trinajstić information content (AvgIpc) is 2.46. The first-order valence-corrected chi connectivity index (χ1v) is 6.20. The van der Waals surface area contributed by atoms with Crippen molar-refractivity contribution in [2.75, 3.05) is 7.11 Å². The number of aryl methyl sites for hydroxylation is 1. The lowest BCUT2D eigenvalue weighted by Crippen LogP contribution is -2.13. The SMILES string of the molecule is COc1cc(C(=O)c2ccccc2C(F)(F)F)ccc1C. The van der Waals surface area contributed by atoms with Crippen LogP contribution < -0.4 is 4.74 Å². The summed E-state index contributed by atoms with van der Waals surface area (Å²) in [5.41, 5.74) is -0.335. The molecule has 2 aromatic rings. The molecule has 5 heteroatoms. The van der Waals surface area contributed by atoms with Crippen molar-refractivity contribution in [1.29, 1.82) is 0 Å². The number of alkyl halides is 3. The van der Waals surface area contributed by atoms with Crippen LogP contribution >= 0.6 is 0 Å². The van der Waals surface area contributed by atoms with Gasteiger partial charge in [-0.25, -0.2) is 0 Å². The molecule has 2 rings (SSSR count). The summed E-state index contributed by atoms with van der Waals surface area (Å²) in [5.74, 6) is -0.216. The highest BCUT2D eigenvalue weighted by molar-refractivity contribution is 6.10. The number of rotatable bonds is 3. The Hall–Kier alpha value is -2.30. The maximum absolute atomic E-state index is 13.0. The van der Waals surface area contributed by atoms with Gasteiger partial charge in [-0.15, -0.1) is 0 Å². The fraction of sp³-hybridized carbons (Fsp3) is 0.188. The van der Waals surface area contributed by atoms with Crippen molar-refractivity contribution in [1.82, 2.24) is 0 Å². The zero-order valence-electron chi connectivity index (χ0n) is 11.5. The van der Waals surface area contributed by atoms with Crippen molar-refractivity contribution in [2.24, 2.45) is 0 Å². The summed E-state index contributed by atoms with van der Waals surface area (Å²) < 4.78 is 44.0. The van der Waals surface area contributed by atoms with Gasteiger partial charge in [0.05, 0.1) is 12.7 Å². The topological polar surface area (TPSA) is 26.3 Å². The third-order valence-electron chi connectivity index (χ3n) is 3.15. The smallest absolute Gasteiger partial charge is 0.417 e. The Balaban J connectivity index is 2.51. The summed E-state index contributed by atoms with van der Waals surface area (Å²) in [7, 11) is 1.44. The number of ether oxygens (including phenoxy) is 1. The van der Waals surface area contributed by atoms with E-state index in [1.165, 1.54) is 37.4 Å². The van der Waals surface area contributed by atoms with E-state index in [0.29, 0.717) is 5.75 Å². The van der Waals surface area contributed by atoms with Crippen LogP contribution in [0.25, 0.3) is 0 Å². The second kappa shape index (κ2) is 5.60. The van der Waals surface area contributed by atoms with Gasteiger partial charge in [-0.3, -0.25) is 4.79 Å². The van der Waals surface area contributed by atoms with Crippen molar-refractivity contribution in [2.45, 2.75) is 13.1 Å². The monoisotopic (exact) mass is 294 g/mol. The van der Waals surface area contributed by atoms with Crippen molar-refractivity contribution >= 4 is 5.78 Å². The summed E-state index contributed by atoms with van der Waals surface area (Å²) >= 11 is 0. The highest BCUT2D eigenvalue weighted by atomic mass is 19.4. The minimum atomic E-state index is -4.57. The standard InChI is InChI=1S/C16H13F3O2/c1-10-7-8-11(9-14(10)21-2)15(20)12-5-3-4-6-13(12)16(17,18)19/h3-9H,1-2H3. The van der Waals surface area contributed by atoms with Gasteiger partial charge in [0, 0.05) is 11.1 Å². The minimum Gasteiger partial charge on any atom is -0.496 e. The van der Waals surface area contributed by atoms with Crippen LogP contribution in [0.5, 0.6) is 5.75 Å². The van der Waals surface area contributed by atoms with Gasteiger partial charge in [-0.2, -0.15) is 13.2 Å². The molecule has 0 unspecified atom stereocenters. The number of benzene rings is 2. The molecule has 0 aliphatic heterocycles. The number of methoxy groups -OCH3 is 1. The molecule has 0 aliphatic carbocycles. The number of halogens is 3. The molecule has 0 fully saturated rings. The Bertz CT molecular complexity index is 675. The largest absolute Gasteiger partial charge is 0.496 e. The molecule has 2 aromatic carbocycles. The second-order valence-electron chi connectivity index (χ2n) is 4.56. The van der Waals surface area contributed by atoms with E-state index in [2.05, 4.69) is 0 Å². The maximum atomic E-state index is 13.0. The van der Waals surface area contributed by atoms with E-state index in [1.807, 2.05) is 0 Å². The fourth-order valence-electron chi connectivity index (χ4n) is 2.05. The molecule has 0 spiro atoms. The third kappa shape index (κ3) is 3.07. The molecule has 0 bridgehead atoms. The highest BCUT2D eigenvalue weighted by Crippen LogP contribution is 2.33. The van der Waals surface area contributed by atoms with Gasteiger partial charge in [0.1, 0.15) is 5.75 Å². The molecule has 21 heavy (non-hydrogen) atoms. The Morgan fingerprint density at radius 2 is 1.76 bits per heavy atom. The molecule has 0 N–H and O–H groups in total. The molecule has 0 aromatic heterocycles. The number of carbonyl (C=O) groups is 1. The second-order valence-corrected chi connectivity index (χ2v) is 4.56. The first-order valence-electron chi connectivity index (χ1n) is 6.20. The average molecular weight is 294 g/mol. The first-order chi connectivity index (χ1) is 9.84. The van der Waals surface area contributed by atoms with Crippen LogP contribution in [0.1, 0.15) is 27.0 Å². The Morgan fingerprint density at radius 1 is 1.10 bits per heavy atom. The van der Waals surface area contributed by atoms with E-state index < -0.39 is 17.5 Å². The van der Waals surface area contributed by atoms with Gasteiger partial charge in [0.2, 0.25) is 0 Å². The van der Waals surface area contributed by atoms with Crippen LogP contribution in [0.15, 0.2) is 42.5 Å². The van der Waals surface area contributed by atoms with Crippen molar-refractivity contribution in [3.05, 3.63) is 64.7 Å². The summed E-state index contributed by atoms with van der Waals surface area (Å²) in [6.07, 6.45) is -4.57. The zero-order valence-corrected chi connectivity index (χ0v) is 11.5. The van der Waals surface area contributed by atoms with Gasteiger partial charge in [0.25, 0.3) is 0 Å². The lowest BCUT2D eigenvalue weighted by atomic mass is 9.97. The molecule has 0 heterocycles. The summed E-state index contributed by atoms with van der Waals surface area (Å²) in [6, 6.07) is 9.33. The Labute approximate surface area is 120 Å². The van der Waals surface area contributed by atoms with E-state index in [-0.39, 0.29) is 11.1 Å². The third-order valence-corrected chi connectivity index (χ3v) is 3.15. The fourth-order valence-corrected chi connectivity index (χ4v) is 2.05. The maximum Gasteiger partial charge on any atom is 0.417 e. The predicted octanol–water partition coefficient (Wildman–Crippen LogP) is 4.25. The minimum absolute atomic E-state index is 0.161. The van der Waals surface area contributed by atoms with Crippen LogP contribution in [0.4, 0.5) is 13.2 Å². The van der Waals surface area contributed by atoms with Crippen molar-refractivity contribution < 1.29 is 22.7 Å². The van der Waals surface area contributed by atoms with E-state index in [9.17, 15) is 18.0 Å². The van der Waals surface area contributed by atoms with Crippen LogP contribution in [0, 0.1) is 6.92 Å². The summed E-state index contributed by atoms with van der Waals surface area (Å²) in [5, 5.41) is 0. The van der Waals surface area contributed by atoms with Crippen molar-refractivity contribution in [3.8, 4) is 5.75 Å². The molecule has 0 aliphatic rings. The van der Waals surface area contributed by atoms with Crippen molar-refractivity contribution in [3.63, 3.8) is 0 Å². The lowest BCUT2D eigenvalue weighted by Gasteiger charge is -2.12. The van der Waals surface area contributed by atoms with Crippen LogP contribution in [-0.2, 0) is 6.18 Å². The molecular formula is C16H13F3O2. The number of carbonyl (C=O) groups excluding carboxylic acids is 1. The van der Waals surface area contributed by atoms with Gasteiger partial charge in [-0.05, 0) is 24.6 Å². The number of ketones is 1. The molecule has 110 valence electrons. The quantitative estimate of drug-likeness (QED) is 0.791. The molecule has 0 saturated carbocycles. The van der Waals surface area contributed by atoms with Crippen LogP contribution in [-0.4, -0.2) is 12.9 Å². The zero-order chi connectivity index (χ0) is 15.6. The van der Waals surface area contributed by atoms with Gasteiger partial charge >= 0.3 is 6.18 Å². The highest BCUT2D eigenvalue weighted by Gasteiger charge is 2.35. The Morgan fingerprint density at radius 3 is 2.38 bits per heavy atom. The van der Waals surface area contributed by atoms with E-state index in [0.717, 1.165) is 11.6 Å². The first kappa shape index (κ1) is 15.1. The molecule has 2 nitrogen and oxygen atoms in total. The summed E-state index contributed by atoms with van der Waals surface area (Å²) in [6.45, 7) is 1.79. The van der Waals surface area contributed by atoms with Gasteiger partial charge < -0.3 is 4.74 Å². The van der Waals surface area contributed by atoms with Gasteiger partial charge in [-0.1, -0.05) is 30.3 Å². The molecule has 0 radical (unpaired) electrons. The summed E-state index contributed by atoms with van der Waals surface area (Å²) in [4.78, 5) is 12.3. The molecule has 0 saturated heterocycles. The molecule has 0 amide bonds. The lowest BCUT2D eigenvalue weighted by molar-refractivity contribution is -0.137. The van der Waals surface area contributed by atoms with Crippen LogP contribution in [0.3, 0.4) is 0 Å². The van der Waals surface area contributed by atoms with E-state index in [1.54, 1.807) is 13.0 Å².